The fourth-order valence-corrected chi connectivity index (χ4v) is 3.66. The molecule has 0 spiro atoms. The molecule has 0 radical (unpaired) electrons. The van der Waals surface area contributed by atoms with E-state index in [0.29, 0.717) is 5.15 Å². The number of rotatable bonds is 4. The van der Waals surface area contributed by atoms with Gasteiger partial charge in [0, 0.05) is 28.9 Å². The van der Waals surface area contributed by atoms with Crippen LogP contribution < -0.4 is 0 Å². The number of aromatic amines is 1. The lowest BCUT2D eigenvalue weighted by atomic mass is 9.85. The van der Waals surface area contributed by atoms with Gasteiger partial charge in [-0.3, -0.25) is 4.79 Å². The Bertz CT molecular complexity index is 774. The maximum absolute atomic E-state index is 12.8. The molecule has 122 valence electrons. The van der Waals surface area contributed by atoms with Gasteiger partial charge in [-0.2, -0.15) is 0 Å². The zero-order valence-corrected chi connectivity index (χ0v) is 15.0. The molecule has 2 heterocycles. The minimum Gasteiger partial charge on any atom is -0.358 e. The molecule has 0 amide bonds. The molecule has 0 unspecified atom stereocenters. The molecule has 1 N–H and O–H groups in total. The number of Topliss-reactive ketones (excluding diaryl/α,β-unsaturated/α-hetero) is 1. The molecule has 4 heteroatoms. The highest BCUT2D eigenvalue weighted by Gasteiger charge is 2.29. The van der Waals surface area contributed by atoms with Crippen LogP contribution in [0.4, 0.5) is 0 Å². The molecule has 2 aromatic heterocycles. The van der Waals surface area contributed by atoms with E-state index in [1.807, 2.05) is 27.0 Å². The summed E-state index contributed by atoms with van der Waals surface area (Å²) in [5, 5.41) is 0.542. The van der Waals surface area contributed by atoms with Gasteiger partial charge in [-0.1, -0.05) is 38.8 Å². The molecule has 0 saturated heterocycles. The van der Waals surface area contributed by atoms with Crippen LogP contribution in [-0.2, 0) is 19.3 Å². The first-order valence-electron chi connectivity index (χ1n) is 8.37. The van der Waals surface area contributed by atoms with Crippen molar-refractivity contribution in [3.63, 3.8) is 0 Å². The van der Waals surface area contributed by atoms with Crippen LogP contribution in [0.5, 0.6) is 0 Å². The third-order valence-electron chi connectivity index (χ3n) is 4.69. The zero-order chi connectivity index (χ0) is 16.7. The molecular formula is C19H23ClN2O. The molecule has 0 aliphatic heterocycles. The minimum absolute atomic E-state index is 0.00836. The van der Waals surface area contributed by atoms with Crippen molar-refractivity contribution < 1.29 is 4.79 Å². The quantitative estimate of drug-likeness (QED) is 0.638. The van der Waals surface area contributed by atoms with Crippen molar-refractivity contribution in [2.45, 2.75) is 53.4 Å². The number of hydrogen-bond acceptors (Lipinski definition) is 2. The normalized spacial score (nSPS) is 13.1. The van der Waals surface area contributed by atoms with E-state index in [9.17, 15) is 4.79 Å². The predicted molar refractivity (Wildman–Crippen MR) is 94.3 cm³/mol. The number of aromatic nitrogens is 2. The molecule has 0 saturated carbocycles. The summed E-state index contributed by atoms with van der Waals surface area (Å²) in [5.41, 5.74) is 7.62. The number of fused-ring (bicyclic) bond motifs is 3. The van der Waals surface area contributed by atoms with Crippen LogP contribution in [0.3, 0.4) is 0 Å². The van der Waals surface area contributed by atoms with Crippen LogP contribution in [0.2, 0.25) is 5.15 Å². The molecule has 3 rings (SSSR count). The lowest BCUT2D eigenvalue weighted by Gasteiger charge is -2.20. The average Bonchev–Trinajstić information content (AvgIpc) is 2.88. The van der Waals surface area contributed by atoms with Crippen molar-refractivity contribution in [1.82, 2.24) is 9.97 Å². The first-order chi connectivity index (χ1) is 11.0. The van der Waals surface area contributed by atoms with E-state index in [2.05, 4.69) is 16.9 Å². The van der Waals surface area contributed by atoms with Crippen molar-refractivity contribution in [3.05, 3.63) is 39.3 Å². The van der Waals surface area contributed by atoms with E-state index in [1.54, 1.807) is 0 Å². The van der Waals surface area contributed by atoms with E-state index in [4.69, 9.17) is 11.6 Å². The van der Waals surface area contributed by atoms with E-state index < -0.39 is 0 Å². The number of carbonyl (C=O) groups excluding carboxylic acids is 1. The molecule has 0 aromatic carbocycles. The van der Waals surface area contributed by atoms with Crippen LogP contribution in [0.15, 0.2) is 6.20 Å². The second-order valence-electron chi connectivity index (χ2n) is 6.68. The molecule has 0 fully saturated rings. The first kappa shape index (κ1) is 16.3. The van der Waals surface area contributed by atoms with Gasteiger partial charge in [0.25, 0.3) is 0 Å². The Morgan fingerprint density at radius 3 is 2.78 bits per heavy atom. The molecule has 2 aromatic rings. The number of nitrogens with one attached hydrogen (secondary N) is 1. The molecule has 23 heavy (non-hydrogen) atoms. The number of H-pyrrole nitrogens is 1. The minimum atomic E-state index is 0.00836. The van der Waals surface area contributed by atoms with Crippen LogP contribution in [-0.4, -0.2) is 15.8 Å². The Hall–Kier alpha value is -1.61. The van der Waals surface area contributed by atoms with E-state index in [1.165, 1.54) is 11.1 Å². The Morgan fingerprint density at radius 2 is 2.13 bits per heavy atom. The highest BCUT2D eigenvalue weighted by atomic mass is 35.5. The number of aryl methyl sites for hydroxylation is 2. The highest BCUT2D eigenvalue weighted by molar-refractivity contribution is 6.30. The Balaban J connectivity index is 2.26. The van der Waals surface area contributed by atoms with Crippen LogP contribution in [0, 0.1) is 12.8 Å². The number of nitrogens with zero attached hydrogens (tertiary/aromatic N) is 1. The Morgan fingerprint density at radius 1 is 1.39 bits per heavy atom. The average molecular weight is 331 g/mol. The summed E-state index contributed by atoms with van der Waals surface area (Å²) in [6, 6.07) is 0. The van der Waals surface area contributed by atoms with Gasteiger partial charge >= 0.3 is 0 Å². The van der Waals surface area contributed by atoms with E-state index in [0.717, 1.165) is 53.8 Å². The SMILES string of the molecule is CCCc1[nH]c2c(c1C(=O)C(C)C)CCc1cnc(Cl)c(C)c1-2. The molecule has 0 atom stereocenters. The number of ketones is 1. The Kier molecular flexibility index (Phi) is 4.33. The third kappa shape index (κ3) is 2.61. The molecule has 1 aliphatic carbocycles. The zero-order valence-electron chi connectivity index (χ0n) is 14.2. The summed E-state index contributed by atoms with van der Waals surface area (Å²) >= 11 is 6.24. The third-order valence-corrected chi connectivity index (χ3v) is 5.07. The fourth-order valence-electron chi connectivity index (χ4n) is 3.52. The number of pyridine rings is 1. The summed E-state index contributed by atoms with van der Waals surface area (Å²) in [5.74, 6) is 0.251. The first-order valence-corrected chi connectivity index (χ1v) is 8.75. The Labute approximate surface area is 142 Å². The largest absolute Gasteiger partial charge is 0.358 e. The van der Waals surface area contributed by atoms with Gasteiger partial charge in [0.05, 0.1) is 5.69 Å². The predicted octanol–water partition coefficient (Wildman–Crippen LogP) is 4.93. The summed E-state index contributed by atoms with van der Waals surface area (Å²) < 4.78 is 0. The van der Waals surface area contributed by atoms with Gasteiger partial charge in [-0.05, 0) is 42.9 Å². The van der Waals surface area contributed by atoms with Crippen molar-refractivity contribution in [3.8, 4) is 11.3 Å². The number of carbonyl (C=O) groups is 1. The molecule has 0 bridgehead atoms. The lowest BCUT2D eigenvalue weighted by Crippen LogP contribution is -2.13. The highest BCUT2D eigenvalue weighted by Crippen LogP contribution is 2.40. The summed E-state index contributed by atoms with van der Waals surface area (Å²) in [7, 11) is 0. The maximum Gasteiger partial charge on any atom is 0.167 e. The smallest absolute Gasteiger partial charge is 0.167 e. The van der Waals surface area contributed by atoms with Crippen LogP contribution >= 0.6 is 11.6 Å². The standard InChI is InChI=1S/C19H23ClN2O/c1-5-6-14-16(18(23)10(2)3)13-8-7-12-9-21-19(20)11(4)15(12)17(13)22-14/h9-10,22H,5-8H2,1-4H3. The second-order valence-corrected chi connectivity index (χ2v) is 7.03. The van der Waals surface area contributed by atoms with Crippen molar-refractivity contribution in [1.29, 1.82) is 0 Å². The summed E-state index contributed by atoms with van der Waals surface area (Å²) in [6.45, 7) is 8.09. The van der Waals surface area contributed by atoms with Gasteiger partial charge in [0.15, 0.2) is 5.78 Å². The van der Waals surface area contributed by atoms with Crippen molar-refractivity contribution >= 4 is 17.4 Å². The van der Waals surface area contributed by atoms with Crippen LogP contribution in [0.1, 0.15) is 59.9 Å². The van der Waals surface area contributed by atoms with Crippen LogP contribution in [0.25, 0.3) is 11.3 Å². The number of halogens is 1. The van der Waals surface area contributed by atoms with Gasteiger partial charge in [-0.25, -0.2) is 4.98 Å². The second kappa shape index (κ2) is 6.12. The van der Waals surface area contributed by atoms with Gasteiger partial charge in [0.2, 0.25) is 0 Å². The van der Waals surface area contributed by atoms with Gasteiger partial charge in [-0.15, -0.1) is 0 Å². The fraction of sp³-hybridized carbons (Fsp3) is 0.474. The van der Waals surface area contributed by atoms with Gasteiger partial charge < -0.3 is 4.98 Å². The van der Waals surface area contributed by atoms with Gasteiger partial charge in [0.1, 0.15) is 5.15 Å². The van der Waals surface area contributed by atoms with E-state index in [-0.39, 0.29) is 11.7 Å². The number of hydrogen-bond donors (Lipinski definition) is 1. The summed E-state index contributed by atoms with van der Waals surface area (Å²) in [4.78, 5) is 20.6. The topological polar surface area (TPSA) is 45.8 Å². The monoisotopic (exact) mass is 330 g/mol. The van der Waals surface area contributed by atoms with Crippen molar-refractivity contribution in [2.75, 3.05) is 0 Å². The van der Waals surface area contributed by atoms with E-state index >= 15 is 0 Å². The summed E-state index contributed by atoms with van der Waals surface area (Å²) in [6.07, 6.45) is 5.58. The lowest BCUT2D eigenvalue weighted by molar-refractivity contribution is 0.0937. The molecule has 1 aliphatic rings. The molecular weight excluding hydrogens is 308 g/mol. The molecule has 3 nitrogen and oxygen atoms in total. The van der Waals surface area contributed by atoms with Crippen molar-refractivity contribution in [2.24, 2.45) is 5.92 Å². The maximum atomic E-state index is 12.8.